The highest BCUT2D eigenvalue weighted by Crippen LogP contribution is 2.38. The topological polar surface area (TPSA) is 23.5 Å². The van der Waals surface area contributed by atoms with E-state index in [4.69, 9.17) is 0 Å². The van der Waals surface area contributed by atoms with Crippen molar-refractivity contribution in [3.63, 3.8) is 0 Å². The van der Waals surface area contributed by atoms with Crippen LogP contribution in [-0.2, 0) is 0 Å². The molecule has 0 spiro atoms. The SMILES string of the molecule is CN(C)[CH]C(C)(C)C(CCO)CCC1CCCCC1. The standard InChI is InChI=1S/C17H34NO/c1-17(2,14-18(3)4)16(12-13-19)11-10-15-8-6-5-7-9-15/h14-16,19H,5-13H2,1-4H3. The summed E-state index contributed by atoms with van der Waals surface area (Å²) in [6.45, 7) is 7.26. The van der Waals surface area contributed by atoms with Crippen LogP contribution in [0.1, 0.15) is 65.2 Å². The summed E-state index contributed by atoms with van der Waals surface area (Å²) in [6.07, 6.45) is 10.7. The van der Waals surface area contributed by atoms with Crippen LogP contribution < -0.4 is 0 Å². The molecule has 1 aliphatic rings. The Labute approximate surface area is 120 Å². The molecule has 113 valence electrons. The van der Waals surface area contributed by atoms with Gasteiger partial charge in [-0.2, -0.15) is 0 Å². The summed E-state index contributed by atoms with van der Waals surface area (Å²) in [5.74, 6) is 1.55. The zero-order chi connectivity index (χ0) is 14.3. The van der Waals surface area contributed by atoms with E-state index in [9.17, 15) is 5.11 Å². The van der Waals surface area contributed by atoms with Crippen LogP contribution in [0.15, 0.2) is 0 Å². The molecule has 0 aliphatic heterocycles. The Bertz CT molecular complexity index is 231. The zero-order valence-electron chi connectivity index (χ0n) is 13.5. The number of aliphatic hydroxyl groups excluding tert-OH is 1. The van der Waals surface area contributed by atoms with E-state index in [1.54, 1.807) is 0 Å². The van der Waals surface area contributed by atoms with Crippen LogP contribution in [0.3, 0.4) is 0 Å². The number of rotatable bonds is 8. The van der Waals surface area contributed by atoms with E-state index in [0.29, 0.717) is 12.5 Å². The summed E-state index contributed by atoms with van der Waals surface area (Å²) >= 11 is 0. The highest BCUT2D eigenvalue weighted by Gasteiger charge is 2.30. The molecular formula is C17H34NO. The van der Waals surface area contributed by atoms with Gasteiger partial charge in [0.15, 0.2) is 0 Å². The summed E-state index contributed by atoms with van der Waals surface area (Å²) < 4.78 is 0. The van der Waals surface area contributed by atoms with Crippen molar-refractivity contribution in [2.24, 2.45) is 17.3 Å². The second kappa shape index (κ2) is 8.26. The Hall–Kier alpha value is -0.0800. The highest BCUT2D eigenvalue weighted by atomic mass is 16.3. The first kappa shape index (κ1) is 17.0. The first-order valence-electron chi connectivity index (χ1n) is 8.09. The molecule has 1 atom stereocenters. The van der Waals surface area contributed by atoms with Gasteiger partial charge in [0.2, 0.25) is 0 Å². The number of nitrogens with zero attached hydrogens (tertiary/aromatic N) is 1. The molecule has 0 aromatic rings. The van der Waals surface area contributed by atoms with Gasteiger partial charge in [0.25, 0.3) is 0 Å². The monoisotopic (exact) mass is 268 g/mol. The lowest BCUT2D eigenvalue weighted by Gasteiger charge is -2.37. The van der Waals surface area contributed by atoms with Gasteiger partial charge in [-0.15, -0.1) is 0 Å². The lowest BCUT2D eigenvalue weighted by Crippen LogP contribution is -2.31. The zero-order valence-corrected chi connectivity index (χ0v) is 13.5. The van der Waals surface area contributed by atoms with E-state index in [0.717, 1.165) is 12.3 Å². The molecule has 1 fully saturated rings. The van der Waals surface area contributed by atoms with Crippen molar-refractivity contribution in [2.45, 2.75) is 65.2 Å². The fraction of sp³-hybridized carbons (Fsp3) is 0.941. The van der Waals surface area contributed by atoms with Gasteiger partial charge in [0.1, 0.15) is 0 Å². The Morgan fingerprint density at radius 2 is 1.79 bits per heavy atom. The van der Waals surface area contributed by atoms with Crippen molar-refractivity contribution in [3.05, 3.63) is 6.54 Å². The molecule has 1 radical (unpaired) electrons. The van der Waals surface area contributed by atoms with Gasteiger partial charge in [-0.3, -0.25) is 0 Å². The fourth-order valence-electron chi connectivity index (χ4n) is 3.73. The molecule has 0 aromatic heterocycles. The van der Waals surface area contributed by atoms with E-state index in [1.807, 2.05) is 0 Å². The fourth-order valence-corrected chi connectivity index (χ4v) is 3.73. The van der Waals surface area contributed by atoms with E-state index >= 15 is 0 Å². The molecule has 1 aliphatic carbocycles. The molecule has 0 bridgehead atoms. The van der Waals surface area contributed by atoms with Gasteiger partial charge >= 0.3 is 0 Å². The molecule has 1 saturated carbocycles. The number of hydrogen-bond donors (Lipinski definition) is 1. The van der Waals surface area contributed by atoms with Crippen LogP contribution in [0.5, 0.6) is 0 Å². The van der Waals surface area contributed by atoms with Crippen LogP contribution in [-0.4, -0.2) is 30.7 Å². The third-order valence-corrected chi connectivity index (χ3v) is 4.77. The van der Waals surface area contributed by atoms with Crippen molar-refractivity contribution < 1.29 is 5.11 Å². The third kappa shape index (κ3) is 6.27. The van der Waals surface area contributed by atoms with Crippen molar-refractivity contribution in [3.8, 4) is 0 Å². The second-order valence-electron chi connectivity index (χ2n) is 7.20. The summed E-state index contributed by atoms with van der Waals surface area (Å²) in [4.78, 5) is 2.16. The Morgan fingerprint density at radius 1 is 1.16 bits per heavy atom. The minimum Gasteiger partial charge on any atom is -0.396 e. The summed E-state index contributed by atoms with van der Waals surface area (Å²) in [7, 11) is 4.19. The maximum absolute atomic E-state index is 9.34. The molecule has 1 unspecified atom stereocenters. The van der Waals surface area contributed by atoms with Gasteiger partial charge in [-0.05, 0) is 44.2 Å². The van der Waals surface area contributed by atoms with Crippen LogP contribution in [0.2, 0.25) is 0 Å². The van der Waals surface area contributed by atoms with Gasteiger partial charge in [0.05, 0.1) is 0 Å². The average molecular weight is 268 g/mol. The minimum atomic E-state index is 0.181. The van der Waals surface area contributed by atoms with E-state index < -0.39 is 0 Å². The molecule has 0 saturated heterocycles. The lowest BCUT2D eigenvalue weighted by molar-refractivity contribution is 0.138. The minimum absolute atomic E-state index is 0.181. The molecule has 2 heteroatoms. The summed E-state index contributed by atoms with van der Waals surface area (Å²) in [5, 5.41) is 9.34. The molecule has 0 heterocycles. The molecule has 0 amide bonds. The largest absolute Gasteiger partial charge is 0.396 e. The smallest absolute Gasteiger partial charge is 0.0433 e. The van der Waals surface area contributed by atoms with E-state index in [1.165, 1.54) is 44.9 Å². The molecule has 1 rings (SSSR count). The van der Waals surface area contributed by atoms with Gasteiger partial charge in [0, 0.05) is 13.2 Å². The van der Waals surface area contributed by atoms with Crippen molar-refractivity contribution in [1.29, 1.82) is 0 Å². The van der Waals surface area contributed by atoms with Crippen LogP contribution in [0.25, 0.3) is 0 Å². The first-order valence-corrected chi connectivity index (χ1v) is 8.09. The summed E-state index contributed by atoms with van der Waals surface area (Å²) in [5.41, 5.74) is 0.181. The Kier molecular flexibility index (Phi) is 7.38. The highest BCUT2D eigenvalue weighted by molar-refractivity contribution is 4.89. The Balaban J connectivity index is 2.46. The third-order valence-electron chi connectivity index (χ3n) is 4.77. The normalized spacial score (nSPS) is 19.9. The van der Waals surface area contributed by atoms with Crippen molar-refractivity contribution >= 4 is 0 Å². The lowest BCUT2D eigenvalue weighted by atomic mass is 9.72. The molecule has 2 nitrogen and oxygen atoms in total. The predicted octanol–water partition coefficient (Wildman–Crippen LogP) is 4.10. The first-order chi connectivity index (χ1) is 8.95. The van der Waals surface area contributed by atoms with Gasteiger partial charge < -0.3 is 10.0 Å². The Morgan fingerprint density at radius 3 is 2.32 bits per heavy atom. The number of hydrogen-bond acceptors (Lipinski definition) is 2. The van der Waals surface area contributed by atoms with Crippen LogP contribution >= 0.6 is 0 Å². The van der Waals surface area contributed by atoms with E-state index in [2.05, 4.69) is 39.4 Å². The van der Waals surface area contributed by atoms with Crippen molar-refractivity contribution in [2.75, 3.05) is 20.7 Å². The maximum atomic E-state index is 9.34. The maximum Gasteiger partial charge on any atom is 0.0433 e. The van der Waals surface area contributed by atoms with Gasteiger partial charge in [-0.25, -0.2) is 0 Å². The number of aliphatic hydroxyl groups is 1. The van der Waals surface area contributed by atoms with Crippen LogP contribution in [0.4, 0.5) is 0 Å². The molecule has 19 heavy (non-hydrogen) atoms. The molecular weight excluding hydrogens is 234 g/mol. The van der Waals surface area contributed by atoms with Gasteiger partial charge in [-0.1, -0.05) is 52.4 Å². The molecule has 1 N–H and O–H groups in total. The van der Waals surface area contributed by atoms with E-state index in [-0.39, 0.29) is 5.41 Å². The molecule has 0 aromatic carbocycles. The second-order valence-corrected chi connectivity index (χ2v) is 7.20. The van der Waals surface area contributed by atoms with Crippen molar-refractivity contribution in [1.82, 2.24) is 4.90 Å². The predicted molar refractivity (Wildman–Crippen MR) is 82.8 cm³/mol. The summed E-state index contributed by atoms with van der Waals surface area (Å²) in [6, 6.07) is 0. The van der Waals surface area contributed by atoms with Crippen LogP contribution in [0, 0.1) is 23.8 Å². The average Bonchev–Trinajstić information content (AvgIpc) is 2.34. The quantitative estimate of drug-likeness (QED) is 0.716.